The Bertz CT molecular complexity index is 701. The number of amidine groups is 1. The van der Waals surface area contributed by atoms with Gasteiger partial charge in [-0.3, -0.25) is 4.99 Å². The Hall–Kier alpha value is -2.13. The third kappa shape index (κ3) is 5.71. The lowest BCUT2D eigenvalue weighted by Gasteiger charge is -2.37. The van der Waals surface area contributed by atoms with Gasteiger partial charge in [0.25, 0.3) is 0 Å². The molecule has 0 saturated carbocycles. The van der Waals surface area contributed by atoms with Gasteiger partial charge in [-0.1, -0.05) is 36.4 Å². The van der Waals surface area contributed by atoms with Crippen molar-refractivity contribution in [2.45, 2.75) is 39.2 Å². The van der Waals surface area contributed by atoms with Crippen molar-refractivity contribution in [2.75, 3.05) is 6.54 Å². The molecule has 4 heteroatoms. The summed E-state index contributed by atoms with van der Waals surface area (Å²) in [4.78, 5) is 11.2. The number of rotatable bonds is 5. The van der Waals surface area contributed by atoms with Crippen LogP contribution in [0.4, 0.5) is 0 Å². The summed E-state index contributed by atoms with van der Waals surface area (Å²) in [6.07, 6.45) is 12.7. The molecule has 132 valence electrons. The largest absolute Gasteiger partial charge is 0.350 e. The van der Waals surface area contributed by atoms with Crippen molar-refractivity contribution in [3.8, 4) is 0 Å². The van der Waals surface area contributed by atoms with Crippen LogP contribution in [0.5, 0.6) is 0 Å². The molecule has 0 aromatic heterocycles. The first-order valence-corrected chi connectivity index (χ1v) is 9.08. The number of halogens is 1. The molecule has 3 nitrogen and oxygen atoms in total. The molecule has 25 heavy (non-hydrogen) atoms. The maximum absolute atomic E-state index is 6.22. The Morgan fingerprint density at radius 2 is 2.20 bits per heavy atom. The van der Waals surface area contributed by atoms with Crippen molar-refractivity contribution in [3.63, 3.8) is 0 Å². The smallest absolute Gasteiger partial charge is 0.129 e. The van der Waals surface area contributed by atoms with Gasteiger partial charge in [0, 0.05) is 29.7 Å². The van der Waals surface area contributed by atoms with Crippen molar-refractivity contribution in [1.29, 1.82) is 0 Å². The molecule has 1 fully saturated rings. The number of benzene rings is 1. The second-order valence-corrected chi connectivity index (χ2v) is 6.44. The summed E-state index contributed by atoms with van der Waals surface area (Å²) in [7, 11) is 0. The lowest BCUT2D eigenvalue weighted by atomic mass is 9.95. The van der Waals surface area contributed by atoms with Crippen LogP contribution >= 0.6 is 11.6 Å². The zero-order chi connectivity index (χ0) is 18.1. The van der Waals surface area contributed by atoms with Crippen LogP contribution in [0.25, 0.3) is 0 Å². The minimum atomic E-state index is 0.289. The van der Waals surface area contributed by atoms with E-state index in [1.807, 2.05) is 44.2 Å². The minimum Gasteiger partial charge on any atom is -0.350 e. The summed E-state index contributed by atoms with van der Waals surface area (Å²) >= 11 is 6.22. The van der Waals surface area contributed by atoms with Crippen molar-refractivity contribution < 1.29 is 0 Å². The zero-order valence-electron chi connectivity index (χ0n) is 15.0. The number of hydrogen-bond donors (Lipinski definition) is 0. The molecule has 0 N–H and O–H groups in total. The summed E-state index contributed by atoms with van der Waals surface area (Å²) in [5.41, 5.74) is 2.24. The van der Waals surface area contributed by atoms with Crippen LogP contribution in [0.2, 0.25) is 5.02 Å². The Morgan fingerprint density at radius 1 is 1.36 bits per heavy atom. The van der Waals surface area contributed by atoms with Gasteiger partial charge in [-0.05, 0) is 63.0 Å². The van der Waals surface area contributed by atoms with E-state index in [1.165, 1.54) is 24.6 Å². The quantitative estimate of drug-likeness (QED) is 0.473. The van der Waals surface area contributed by atoms with Gasteiger partial charge in [0.1, 0.15) is 5.84 Å². The summed E-state index contributed by atoms with van der Waals surface area (Å²) in [6.45, 7) is 8.60. The van der Waals surface area contributed by atoms with Crippen molar-refractivity contribution in [1.82, 2.24) is 4.90 Å². The average Bonchev–Trinajstić information content (AvgIpc) is 2.64. The number of nitrogens with zero attached hydrogens (tertiary/aromatic N) is 3. The standard InChI is InChI=1S/C21H26ClN3/c1-4-17(3)24-21(13-9-14-23-5-2)25-15-7-6-12-20(25)18-10-8-11-19(22)16-18/h4-5,8-11,13-14,16,20H,2,6-7,12,15H2,1,3H3/b13-9-,17-4+,23-14?,24-21-. The summed E-state index contributed by atoms with van der Waals surface area (Å²) < 4.78 is 0. The van der Waals surface area contributed by atoms with E-state index in [2.05, 4.69) is 28.6 Å². The van der Waals surface area contributed by atoms with E-state index >= 15 is 0 Å². The number of allylic oxidation sites excluding steroid dienone is 3. The lowest BCUT2D eigenvalue weighted by molar-refractivity contribution is 0.246. The first-order valence-electron chi connectivity index (χ1n) is 8.70. The van der Waals surface area contributed by atoms with Crippen molar-refractivity contribution >= 4 is 23.7 Å². The summed E-state index contributed by atoms with van der Waals surface area (Å²) in [5, 5.41) is 0.778. The number of likely N-dealkylation sites (tertiary alicyclic amines) is 1. The van der Waals surface area contributed by atoms with E-state index < -0.39 is 0 Å². The molecule has 2 rings (SSSR count). The fraction of sp³-hybridized carbons (Fsp3) is 0.333. The molecule has 1 aliphatic rings. The van der Waals surface area contributed by atoms with Crippen LogP contribution in [0.1, 0.15) is 44.7 Å². The van der Waals surface area contributed by atoms with Crippen LogP contribution in [0.3, 0.4) is 0 Å². The molecule has 1 aromatic carbocycles. The molecule has 1 heterocycles. The first kappa shape index (κ1) is 19.2. The molecule has 0 spiro atoms. The van der Waals surface area contributed by atoms with E-state index in [0.29, 0.717) is 0 Å². The monoisotopic (exact) mass is 355 g/mol. The van der Waals surface area contributed by atoms with Gasteiger partial charge >= 0.3 is 0 Å². The second-order valence-electron chi connectivity index (χ2n) is 6.00. The predicted octanol–water partition coefficient (Wildman–Crippen LogP) is 5.96. The van der Waals surface area contributed by atoms with Crippen LogP contribution in [-0.2, 0) is 0 Å². The van der Waals surface area contributed by atoms with Gasteiger partial charge in [-0.25, -0.2) is 4.99 Å². The Morgan fingerprint density at radius 3 is 2.92 bits per heavy atom. The topological polar surface area (TPSA) is 28.0 Å². The van der Waals surface area contributed by atoms with Gasteiger partial charge in [0.05, 0.1) is 6.04 Å². The predicted molar refractivity (Wildman–Crippen MR) is 109 cm³/mol. The lowest BCUT2D eigenvalue weighted by Crippen LogP contribution is -2.37. The fourth-order valence-corrected chi connectivity index (χ4v) is 3.15. The third-order valence-electron chi connectivity index (χ3n) is 4.26. The van der Waals surface area contributed by atoms with E-state index in [1.54, 1.807) is 6.21 Å². The van der Waals surface area contributed by atoms with E-state index in [-0.39, 0.29) is 6.04 Å². The van der Waals surface area contributed by atoms with Crippen molar-refractivity contribution in [2.24, 2.45) is 9.98 Å². The highest BCUT2D eigenvalue weighted by Gasteiger charge is 2.25. The summed E-state index contributed by atoms with van der Waals surface area (Å²) in [5.74, 6) is 0.954. The minimum absolute atomic E-state index is 0.289. The molecule has 1 atom stereocenters. The van der Waals surface area contributed by atoms with Crippen molar-refractivity contribution in [3.05, 3.63) is 71.6 Å². The molecule has 0 bridgehead atoms. The first-order chi connectivity index (χ1) is 12.2. The van der Waals surface area contributed by atoms with E-state index in [9.17, 15) is 0 Å². The SMILES string of the molecule is C=CN=C\C=C/C(=N/C(C)=C/C)N1CCCCC1c1cccc(Cl)c1. The maximum atomic E-state index is 6.22. The highest BCUT2D eigenvalue weighted by molar-refractivity contribution is 6.30. The normalized spacial score (nSPS) is 19.8. The molecule has 1 saturated heterocycles. The molecule has 1 aliphatic heterocycles. The maximum Gasteiger partial charge on any atom is 0.129 e. The van der Waals surface area contributed by atoms with Crippen LogP contribution in [-0.4, -0.2) is 23.5 Å². The Balaban J connectivity index is 2.37. The average molecular weight is 356 g/mol. The van der Waals surface area contributed by atoms with Gasteiger partial charge in [-0.15, -0.1) is 0 Å². The second kappa shape index (κ2) is 10.00. The van der Waals surface area contributed by atoms with Gasteiger partial charge in [0.2, 0.25) is 0 Å². The van der Waals surface area contributed by atoms with E-state index in [4.69, 9.17) is 16.6 Å². The molecule has 0 radical (unpaired) electrons. The molecule has 0 amide bonds. The fourth-order valence-electron chi connectivity index (χ4n) is 2.95. The summed E-state index contributed by atoms with van der Waals surface area (Å²) in [6, 6.07) is 8.44. The molecule has 1 unspecified atom stereocenters. The van der Waals surface area contributed by atoms with Gasteiger partial charge in [0.15, 0.2) is 0 Å². The van der Waals surface area contributed by atoms with Gasteiger partial charge < -0.3 is 4.90 Å². The molecule has 0 aliphatic carbocycles. The van der Waals surface area contributed by atoms with Crippen LogP contribution in [0, 0.1) is 0 Å². The van der Waals surface area contributed by atoms with Gasteiger partial charge in [-0.2, -0.15) is 0 Å². The van der Waals surface area contributed by atoms with Crippen LogP contribution in [0.15, 0.2) is 71.0 Å². The highest BCUT2D eigenvalue weighted by atomic mass is 35.5. The van der Waals surface area contributed by atoms with Crippen LogP contribution < -0.4 is 0 Å². The zero-order valence-corrected chi connectivity index (χ0v) is 15.8. The molecular weight excluding hydrogens is 330 g/mol. The molecule has 1 aromatic rings. The number of hydrogen-bond acceptors (Lipinski definition) is 2. The molecular formula is C21H26ClN3. The highest BCUT2D eigenvalue weighted by Crippen LogP contribution is 2.32. The Kier molecular flexibility index (Phi) is 7.68. The number of piperidine rings is 1. The Labute approximate surface area is 156 Å². The van der Waals surface area contributed by atoms with E-state index in [0.717, 1.165) is 29.5 Å². The number of aliphatic imine (C=N–C) groups is 2. The third-order valence-corrected chi connectivity index (χ3v) is 4.50.